The molecule has 5 nitrogen and oxygen atoms in total. The summed E-state index contributed by atoms with van der Waals surface area (Å²) >= 11 is 0. The van der Waals surface area contributed by atoms with Crippen molar-refractivity contribution in [2.24, 2.45) is 16.5 Å². The zero-order valence-corrected chi connectivity index (χ0v) is 13.4. The molecule has 5 heteroatoms. The van der Waals surface area contributed by atoms with Crippen molar-refractivity contribution in [3.8, 4) is 0 Å². The van der Waals surface area contributed by atoms with E-state index in [9.17, 15) is 4.79 Å². The van der Waals surface area contributed by atoms with Gasteiger partial charge >= 0.3 is 6.03 Å². The smallest absolute Gasteiger partial charge is 0.344 e. The number of carbonyl (C=O) groups is 1. The van der Waals surface area contributed by atoms with E-state index in [-0.39, 0.29) is 12.0 Å². The Morgan fingerprint density at radius 1 is 0.957 bits per heavy atom. The molecule has 0 aliphatic heterocycles. The van der Waals surface area contributed by atoms with Crippen LogP contribution in [0.4, 0.5) is 4.79 Å². The molecule has 2 aromatic carbocycles. The van der Waals surface area contributed by atoms with Crippen LogP contribution in [0.15, 0.2) is 59.6 Å². The molecule has 2 rings (SSSR count). The average Bonchev–Trinajstić information content (AvgIpc) is 2.53. The number of hydrogen-bond acceptors (Lipinski definition) is 1. The molecule has 1 atom stereocenters. The Hall–Kier alpha value is -2.82. The molecule has 0 saturated carbocycles. The summed E-state index contributed by atoms with van der Waals surface area (Å²) in [6, 6.07) is 16.9. The Morgan fingerprint density at radius 3 is 2.09 bits per heavy atom. The fourth-order valence-corrected chi connectivity index (χ4v) is 2.56. The van der Waals surface area contributed by atoms with Crippen LogP contribution in [-0.4, -0.2) is 12.0 Å². The van der Waals surface area contributed by atoms with Crippen LogP contribution >= 0.6 is 0 Å². The number of hydrogen-bond donors (Lipinski definition) is 3. The Bertz CT molecular complexity index is 691. The highest BCUT2D eigenvalue weighted by Crippen LogP contribution is 2.29. The predicted molar refractivity (Wildman–Crippen MR) is 93.2 cm³/mol. The van der Waals surface area contributed by atoms with Gasteiger partial charge in [-0.2, -0.15) is 4.99 Å². The monoisotopic (exact) mass is 310 g/mol. The van der Waals surface area contributed by atoms with Gasteiger partial charge in [0.05, 0.1) is 6.04 Å². The SMILES string of the molecule is CC(C)c1ccccc1C(NC(=O)N=C(N)N)c1ccccc1. The third kappa shape index (κ3) is 4.32. The number of guanidine groups is 1. The zero-order valence-electron chi connectivity index (χ0n) is 13.4. The van der Waals surface area contributed by atoms with E-state index >= 15 is 0 Å². The number of carbonyl (C=O) groups excluding carboxylic acids is 1. The lowest BCUT2D eigenvalue weighted by Gasteiger charge is -2.23. The summed E-state index contributed by atoms with van der Waals surface area (Å²) in [6.45, 7) is 4.25. The van der Waals surface area contributed by atoms with E-state index in [1.165, 1.54) is 5.56 Å². The molecular weight excluding hydrogens is 288 g/mol. The number of nitrogens with two attached hydrogens (primary N) is 2. The first-order valence-corrected chi connectivity index (χ1v) is 7.53. The van der Waals surface area contributed by atoms with E-state index in [4.69, 9.17) is 11.5 Å². The van der Waals surface area contributed by atoms with Crippen molar-refractivity contribution >= 4 is 12.0 Å². The van der Waals surface area contributed by atoms with Crippen LogP contribution in [0.2, 0.25) is 0 Å². The Morgan fingerprint density at radius 2 is 1.52 bits per heavy atom. The molecule has 0 bridgehead atoms. The minimum absolute atomic E-state index is 0.258. The molecule has 0 spiro atoms. The standard InChI is InChI=1S/C18H22N4O/c1-12(2)14-10-6-7-11-15(14)16(13-8-4-3-5-9-13)21-18(23)22-17(19)20/h3-12,16H,1-2H3,(H5,19,20,21,22,23). The fourth-order valence-electron chi connectivity index (χ4n) is 2.56. The molecule has 0 heterocycles. The van der Waals surface area contributed by atoms with Crippen LogP contribution < -0.4 is 16.8 Å². The minimum Gasteiger partial charge on any atom is -0.370 e. The van der Waals surface area contributed by atoms with E-state index < -0.39 is 6.03 Å². The molecule has 0 aliphatic carbocycles. The van der Waals surface area contributed by atoms with Gasteiger partial charge in [0.15, 0.2) is 5.96 Å². The summed E-state index contributed by atoms with van der Waals surface area (Å²) in [5, 5.41) is 2.89. The first-order chi connectivity index (χ1) is 11.0. The molecule has 0 aromatic heterocycles. The molecule has 0 radical (unpaired) electrons. The number of benzene rings is 2. The molecule has 120 valence electrons. The van der Waals surface area contributed by atoms with Gasteiger partial charge in [-0.25, -0.2) is 4.79 Å². The predicted octanol–water partition coefficient (Wildman–Crippen LogP) is 2.88. The van der Waals surface area contributed by atoms with Crippen molar-refractivity contribution in [2.45, 2.75) is 25.8 Å². The second-order valence-corrected chi connectivity index (χ2v) is 5.61. The number of urea groups is 1. The lowest BCUT2D eigenvalue weighted by molar-refractivity contribution is 0.247. The van der Waals surface area contributed by atoms with Crippen LogP contribution in [0.25, 0.3) is 0 Å². The quantitative estimate of drug-likeness (QED) is 0.598. The Balaban J connectivity index is 2.47. The largest absolute Gasteiger partial charge is 0.370 e. The van der Waals surface area contributed by atoms with Crippen molar-refractivity contribution in [1.82, 2.24) is 5.32 Å². The number of nitrogens with zero attached hydrogens (tertiary/aromatic N) is 1. The highest BCUT2D eigenvalue weighted by Gasteiger charge is 2.20. The fraction of sp³-hybridized carbons (Fsp3) is 0.222. The molecule has 5 N–H and O–H groups in total. The van der Waals surface area contributed by atoms with Crippen LogP contribution in [-0.2, 0) is 0 Å². The normalized spacial score (nSPS) is 11.8. The van der Waals surface area contributed by atoms with Crippen molar-refractivity contribution in [1.29, 1.82) is 0 Å². The van der Waals surface area contributed by atoms with Crippen molar-refractivity contribution < 1.29 is 4.79 Å². The summed E-state index contributed by atoms with van der Waals surface area (Å²) in [5.74, 6) is 0.0730. The van der Waals surface area contributed by atoms with E-state index in [1.54, 1.807) is 0 Å². The third-order valence-corrected chi connectivity index (χ3v) is 3.56. The second kappa shape index (κ2) is 7.45. The van der Waals surface area contributed by atoms with Gasteiger partial charge in [0.2, 0.25) is 0 Å². The first kappa shape index (κ1) is 16.5. The van der Waals surface area contributed by atoms with Crippen LogP contribution in [0.1, 0.15) is 42.5 Å². The highest BCUT2D eigenvalue weighted by atomic mass is 16.2. The van der Waals surface area contributed by atoms with Gasteiger partial charge in [-0.15, -0.1) is 0 Å². The lowest BCUT2D eigenvalue weighted by atomic mass is 9.89. The topological polar surface area (TPSA) is 93.5 Å². The molecule has 0 fully saturated rings. The van der Waals surface area contributed by atoms with Gasteiger partial charge < -0.3 is 16.8 Å². The van der Waals surface area contributed by atoms with E-state index in [2.05, 4.69) is 30.2 Å². The molecule has 0 aliphatic rings. The van der Waals surface area contributed by atoms with Gasteiger partial charge in [-0.3, -0.25) is 0 Å². The number of rotatable bonds is 4. The van der Waals surface area contributed by atoms with Gasteiger partial charge in [-0.05, 0) is 22.6 Å². The van der Waals surface area contributed by atoms with Crippen molar-refractivity contribution in [3.63, 3.8) is 0 Å². The summed E-state index contributed by atoms with van der Waals surface area (Å²) < 4.78 is 0. The summed E-state index contributed by atoms with van der Waals surface area (Å²) in [4.78, 5) is 15.6. The Labute approximate surface area is 136 Å². The summed E-state index contributed by atoms with van der Waals surface area (Å²) in [7, 11) is 0. The van der Waals surface area contributed by atoms with Crippen molar-refractivity contribution in [3.05, 3.63) is 71.3 Å². The molecule has 1 unspecified atom stereocenters. The van der Waals surface area contributed by atoms with Gasteiger partial charge in [0, 0.05) is 0 Å². The first-order valence-electron chi connectivity index (χ1n) is 7.53. The Kier molecular flexibility index (Phi) is 5.36. The molecule has 0 saturated heterocycles. The van der Waals surface area contributed by atoms with Crippen molar-refractivity contribution in [2.75, 3.05) is 0 Å². The summed E-state index contributed by atoms with van der Waals surface area (Å²) in [6.07, 6.45) is 0. The second-order valence-electron chi connectivity index (χ2n) is 5.61. The zero-order chi connectivity index (χ0) is 16.8. The number of nitrogens with one attached hydrogen (secondary N) is 1. The van der Waals surface area contributed by atoms with Crippen LogP contribution in [0, 0.1) is 0 Å². The molecule has 2 aromatic rings. The van der Waals surface area contributed by atoms with Gasteiger partial charge in [0.25, 0.3) is 0 Å². The average molecular weight is 310 g/mol. The molecule has 2 amide bonds. The molecular formula is C18H22N4O. The van der Waals surface area contributed by atoms with E-state index in [1.807, 2.05) is 48.5 Å². The number of aliphatic imine (C=N–C) groups is 1. The maximum absolute atomic E-state index is 12.0. The van der Waals surface area contributed by atoms with Gasteiger partial charge in [0.1, 0.15) is 0 Å². The lowest BCUT2D eigenvalue weighted by Crippen LogP contribution is -2.32. The van der Waals surface area contributed by atoms with Crippen LogP contribution in [0.5, 0.6) is 0 Å². The summed E-state index contributed by atoms with van der Waals surface area (Å²) in [5.41, 5.74) is 13.8. The maximum Gasteiger partial charge on any atom is 0.344 e. The highest BCUT2D eigenvalue weighted by molar-refractivity contribution is 5.90. The number of amides is 2. The minimum atomic E-state index is -0.558. The molecule has 23 heavy (non-hydrogen) atoms. The van der Waals surface area contributed by atoms with E-state index in [0.29, 0.717) is 5.92 Å². The maximum atomic E-state index is 12.0. The van der Waals surface area contributed by atoms with Gasteiger partial charge in [-0.1, -0.05) is 68.4 Å². The van der Waals surface area contributed by atoms with Crippen LogP contribution in [0.3, 0.4) is 0 Å². The third-order valence-electron chi connectivity index (χ3n) is 3.56. The van der Waals surface area contributed by atoms with E-state index in [0.717, 1.165) is 11.1 Å².